The number of para-hydroxylation sites is 1. The molecule has 2 bridgehead atoms. The summed E-state index contributed by atoms with van der Waals surface area (Å²) >= 11 is 0. The van der Waals surface area contributed by atoms with Crippen LogP contribution in [-0.2, 0) is 20.7 Å². The number of carbonyl (C=O) groups is 2. The van der Waals surface area contributed by atoms with Gasteiger partial charge < -0.3 is 19.9 Å². The topological polar surface area (TPSA) is 84.9 Å². The molecule has 1 amide bonds. The number of carbonyl (C=O) groups excluding carboxylic acids is 1. The third-order valence-electron chi connectivity index (χ3n) is 4.37. The van der Waals surface area contributed by atoms with Crippen LogP contribution in [0.25, 0.3) is 0 Å². The number of rotatable bonds is 6. The van der Waals surface area contributed by atoms with Crippen molar-refractivity contribution in [2.24, 2.45) is 11.8 Å². The van der Waals surface area contributed by atoms with Gasteiger partial charge in [-0.1, -0.05) is 30.4 Å². The van der Waals surface area contributed by atoms with Gasteiger partial charge in [0.25, 0.3) is 0 Å². The molecule has 6 nitrogen and oxygen atoms in total. The van der Waals surface area contributed by atoms with Crippen molar-refractivity contribution >= 4 is 11.9 Å². The van der Waals surface area contributed by atoms with Crippen molar-refractivity contribution in [1.29, 1.82) is 0 Å². The van der Waals surface area contributed by atoms with Crippen molar-refractivity contribution < 1.29 is 24.2 Å². The Morgan fingerprint density at radius 2 is 1.91 bits per heavy atom. The van der Waals surface area contributed by atoms with Crippen LogP contribution in [-0.4, -0.2) is 42.8 Å². The summed E-state index contributed by atoms with van der Waals surface area (Å²) in [6.45, 7) is 0.420. The zero-order chi connectivity index (χ0) is 16.4. The second-order valence-electron chi connectivity index (χ2n) is 5.69. The van der Waals surface area contributed by atoms with E-state index in [4.69, 9.17) is 9.47 Å². The van der Waals surface area contributed by atoms with E-state index in [9.17, 15) is 14.7 Å². The smallest absolute Gasteiger partial charge is 0.310 e. The Morgan fingerprint density at radius 1 is 1.22 bits per heavy atom. The van der Waals surface area contributed by atoms with Crippen molar-refractivity contribution in [1.82, 2.24) is 5.32 Å². The molecule has 4 atom stereocenters. The zero-order valence-corrected chi connectivity index (χ0v) is 12.8. The molecule has 0 spiro atoms. The SMILES string of the molecule is COc1ccccc1CCNC(=O)[C@@H]1[C@@H](C(=O)O)[C@H]2C=C[C@H]1O2. The number of carboxylic acids is 1. The number of methoxy groups -OCH3 is 1. The predicted molar refractivity (Wildman–Crippen MR) is 82.1 cm³/mol. The Labute approximate surface area is 134 Å². The van der Waals surface area contributed by atoms with Gasteiger partial charge in [-0.2, -0.15) is 0 Å². The van der Waals surface area contributed by atoms with Gasteiger partial charge >= 0.3 is 5.97 Å². The lowest BCUT2D eigenvalue weighted by atomic mass is 9.82. The van der Waals surface area contributed by atoms with Crippen LogP contribution in [0.3, 0.4) is 0 Å². The van der Waals surface area contributed by atoms with Crippen LogP contribution in [0.5, 0.6) is 5.75 Å². The van der Waals surface area contributed by atoms with Crippen LogP contribution < -0.4 is 10.1 Å². The normalized spacial score (nSPS) is 27.9. The van der Waals surface area contributed by atoms with Gasteiger partial charge in [0.15, 0.2) is 0 Å². The fraction of sp³-hybridized carbons (Fsp3) is 0.412. The zero-order valence-electron chi connectivity index (χ0n) is 12.8. The van der Waals surface area contributed by atoms with E-state index in [1.165, 1.54) is 0 Å². The van der Waals surface area contributed by atoms with Crippen molar-refractivity contribution in [2.75, 3.05) is 13.7 Å². The van der Waals surface area contributed by atoms with Crippen molar-refractivity contribution in [2.45, 2.75) is 18.6 Å². The molecule has 1 saturated heterocycles. The molecule has 6 heteroatoms. The predicted octanol–water partition coefficient (Wildman–Crippen LogP) is 1.01. The Kier molecular flexibility index (Phi) is 4.34. The highest BCUT2D eigenvalue weighted by Gasteiger charge is 2.53. The summed E-state index contributed by atoms with van der Waals surface area (Å²) in [5, 5.41) is 12.1. The fourth-order valence-electron chi connectivity index (χ4n) is 3.26. The van der Waals surface area contributed by atoms with Gasteiger partial charge in [0, 0.05) is 6.54 Å². The van der Waals surface area contributed by atoms with E-state index in [0.29, 0.717) is 13.0 Å². The molecule has 1 aromatic carbocycles. The lowest BCUT2D eigenvalue weighted by Crippen LogP contribution is -2.43. The average Bonchev–Trinajstić information content (AvgIpc) is 3.16. The first-order valence-corrected chi connectivity index (χ1v) is 7.58. The Hall–Kier alpha value is -2.34. The minimum absolute atomic E-state index is 0.274. The molecule has 2 aliphatic heterocycles. The molecular formula is C17H19NO5. The first kappa shape index (κ1) is 15.6. The minimum Gasteiger partial charge on any atom is -0.496 e. The molecule has 2 aliphatic rings. The standard InChI is InChI=1S/C17H19NO5/c1-22-11-5-3-2-4-10(11)8-9-18-16(19)14-12-6-7-13(23-12)15(14)17(20)21/h2-7,12-15H,8-9H2,1H3,(H,18,19)(H,20,21)/t12-,13-,14+,15+/m1/s1. The number of fused-ring (bicyclic) bond motifs is 2. The van der Waals surface area contributed by atoms with E-state index >= 15 is 0 Å². The number of hydrogen-bond acceptors (Lipinski definition) is 4. The van der Waals surface area contributed by atoms with E-state index < -0.39 is 30.0 Å². The average molecular weight is 317 g/mol. The molecule has 3 rings (SSSR count). The van der Waals surface area contributed by atoms with E-state index in [1.54, 1.807) is 19.3 Å². The maximum Gasteiger partial charge on any atom is 0.310 e. The number of ether oxygens (including phenoxy) is 2. The van der Waals surface area contributed by atoms with E-state index in [2.05, 4.69) is 5.32 Å². The van der Waals surface area contributed by atoms with Crippen molar-refractivity contribution in [3.8, 4) is 5.75 Å². The minimum atomic E-state index is -0.994. The molecule has 1 aromatic rings. The van der Waals surface area contributed by atoms with Gasteiger partial charge in [0.1, 0.15) is 11.7 Å². The van der Waals surface area contributed by atoms with Crippen LogP contribution in [0.1, 0.15) is 5.56 Å². The molecule has 0 aliphatic carbocycles. The highest BCUT2D eigenvalue weighted by molar-refractivity contribution is 5.87. The summed E-state index contributed by atoms with van der Waals surface area (Å²) in [5.41, 5.74) is 0.995. The third-order valence-corrected chi connectivity index (χ3v) is 4.37. The first-order valence-electron chi connectivity index (χ1n) is 7.58. The molecule has 122 valence electrons. The van der Waals surface area contributed by atoms with Crippen LogP contribution >= 0.6 is 0 Å². The highest BCUT2D eigenvalue weighted by Crippen LogP contribution is 2.39. The van der Waals surface area contributed by atoms with E-state index in [0.717, 1.165) is 11.3 Å². The molecular weight excluding hydrogens is 298 g/mol. The number of hydrogen-bond donors (Lipinski definition) is 2. The fourth-order valence-corrected chi connectivity index (χ4v) is 3.26. The quantitative estimate of drug-likeness (QED) is 0.765. The van der Waals surface area contributed by atoms with Gasteiger partial charge in [-0.15, -0.1) is 0 Å². The van der Waals surface area contributed by atoms with Gasteiger partial charge in [0.2, 0.25) is 5.91 Å². The van der Waals surface area contributed by atoms with E-state index in [1.807, 2.05) is 24.3 Å². The molecule has 23 heavy (non-hydrogen) atoms. The summed E-state index contributed by atoms with van der Waals surface area (Å²) in [5.74, 6) is -1.97. The largest absolute Gasteiger partial charge is 0.496 e. The molecule has 2 N–H and O–H groups in total. The van der Waals surface area contributed by atoms with Crippen LogP contribution in [0.15, 0.2) is 36.4 Å². The molecule has 0 radical (unpaired) electrons. The van der Waals surface area contributed by atoms with Crippen molar-refractivity contribution in [3.63, 3.8) is 0 Å². The first-order chi connectivity index (χ1) is 11.1. The van der Waals surface area contributed by atoms with Gasteiger partial charge in [-0.25, -0.2) is 0 Å². The lowest BCUT2D eigenvalue weighted by Gasteiger charge is -2.21. The summed E-state index contributed by atoms with van der Waals surface area (Å²) < 4.78 is 10.8. The summed E-state index contributed by atoms with van der Waals surface area (Å²) in [6.07, 6.45) is 3.18. The Bertz CT molecular complexity index is 642. The lowest BCUT2D eigenvalue weighted by molar-refractivity contribution is -0.146. The summed E-state index contributed by atoms with van der Waals surface area (Å²) in [6, 6.07) is 7.60. The van der Waals surface area contributed by atoms with Crippen LogP contribution in [0.2, 0.25) is 0 Å². The van der Waals surface area contributed by atoms with E-state index in [-0.39, 0.29) is 5.91 Å². The molecule has 0 saturated carbocycles. The third kappa shape index (κ3) is 2.94. The van der Waals surface area contributed by atoms with Crippen molar-refractivity contribution in [3.05, 3.63) is 42.0 Å². The maximum atomic E-state index is 12.4. The van der Waals surface area contributed by atoms with Gasteiger partial charge in [-0.3, -0.25) is 9.59 Å². The number of carboxylic acid groups (broad SMARTS) is 1. The molecule has 0 unspecified atom stereocenters. The Balaban J connectivity index is 1.59. The number of benzene rings is 1. The molecule has 0 aromatic heterocycles. The summed E-state index contributed by atoms with van der Waals surface area (Å²) in [4.78, 5) is 23.7. The van der Waals surface area contributed by atoms with Gasteiger partial charge in [-0.05, 0) is 18.1 Å². The summed E-state index contributed by atoms with van der Waals surface area (Å²) in [7, 11) is 1.60. The number of nitrogens with one attached hydrogen (secondary N) is 1. The van der Waals surface area contributed by atoms with Crippen LogP contribution in [0, 0.1) is 11.8 Å². The Morgan fingerprint density at radius 3 is 2.61 bits per heavy atom. The molecule has 1 fully saturated rings. The maximum absolute atomic E-state index is 12.4. The second-order valence-corrected chi connectivity index (χ2v) is 5.69. The highest BCUT2D eigenvalue weighted by atomic mass is 16.5. The van der Waals surface area contributed by atoms with Gasteiger partial charge in [0.05, 0.1) is 25.2 Å². The number of amides is 1. The second kappa shape index (κ2) is 6.42. The monoisotopic (exact) mass is 317 g/mol. The number of aliphatic carboxylic acids is 1. The molecule has 2 heterocycles. The van der Waals surface area contributed by atoms with Crippen LogP contribution in [0.4, 0.5) is 0 Å².